The predicted octanol–water partition coefficient (Wildman–Crippen LogP) is 0.942. The summed E-state index contributed by atoms with van der Waals surface area (Å²) in [6, 6.07) is 7.13. The molecule has 0 aliphatic rings. The normalized spacial score (nSPS) is 11.4. The molecule has 5 heteroatoms. The van der Waals surface area contributed by atoms with Crippen molar-refractivity contribution in [2.45, 2.75) is 6.42 Å². The van der Waals surface area contributed by atoms with Crippen LogP contribution in [0.5, 0.6) is 0 Å². The molecule has 0 radical (unpaired) electrons. The number of nitrogens with zero attached hydrogens (tertiary/aromatic N) is 1. The lowest BCUT2D eigenvalue weighted by atomic mass is 10.1. The van der Waals surface area contributed by atoms with Gasteiger partial charge in [-0.3, -0.25) is 4.79 Å². The van der Waals surface area contributed by atoms with Crippen LogP contribution in [-0.4, -0.2) is 17.6 Å². The van der Waals surface area contributed by atoms with E-state index in [1.165, 1.54) is 0 Å². The highest BCUT2D eigenvalue weighted by Crippen LogP contribution is 2.14. The minimum atomic E-state index is -0.374. The van der Waals surface area contributed by atoms with Crippen molar-refractivity contribution in [2.75, 3.05) is 5.88 Å². The highest BCUT2D eigenvalue weighted by atomic mass is 35.5. The second-order valence-corrected chi connectivity index (χ2v) is 3.32. The molecule has 0 aromatic heterocycles. The van der Waals surface area contributed by atoms with E-state index >= 15 is 0 Å². The third-order valence-electron chi connectivity index (χ3n) is 1.70. The Morgan fingerprint density at radius 3 is 2.73 bits per heavy atom. The van der Waals surface area contributed by atoms with Crippen molar-refractivity contribution in [3.8, 4) is 0 Å². The fraction of sp³-hybridized carbons (Fsp3) is 0.200. The Bertz CT molecular complexity index is 390. The molecule has 0 aliphatic carbocycles. The van der Waals surface area contributed by atoms with Crippen LogP contribution in [-0.2, 0) is 11.2 Å². The molecule has 4 N–H and O–H groups in total. The average molecular weight is 226 g/mol. The first-order valence-electron chi connectivity index (χ1n) is 4.38. The molecule has 0 aliphatic heterocycles. The Morgan fingerprint density at radius 2 is 2.13 bits per heavy atom. The van der Waals surface area contributed by atoms with Gasteiger partial charge in [0.25, 0.3) is 0 Å². The van der Waals surface area contributed by atoms with Gasteiger partial charge in [0.15, 0.2) is 0 Å². The topological polar surface area (TPSA) is 81.5 Å². The minimum absolute atomic E-state index is 0.181. The maximum Gasteiger partial charge on any atom is 0.221 e. The third-order valence-corrected chi connectivity index (χ3v) is 1.97. The number of alkyl halides is 1. The van der Waals surface area contributed by atoms with Gasteiger partial charge in [0, 0.05) is 0 Å². The summed E-state index contributed by atoms with van der Waals surface area (Å²) in [6.45, 7) is 0. The zero-order valence-corrected chi connectivity index (χ0v) is 8.87. The SMILES string of the molecule is NC(=O)Cc1cccc(N=C(N)CCl)c1. The Kier molecular flexibility index (Phi) is 4.12. The number of amides is 1. The van der Waals surface area contributed by atoms with Crippen LogP contribution >= 0.6 is 11.6 Å². The van der Waals surface area contributed by atoms with Crippen molar-refractivity contribution in [2.24, 2.45) is 16.5 Å². The van der Waals surface area contributed by atoms with Gasteiger partial charge in [-0.1, -0.05) is 12.1 Å². The van der Waals surface area contributed by atoms with E-state index in [-0.39, 0.29) is 18.2 Å². The van der Waals surface area contributed by atoms with Crippen molar-refractivity contribution in [3.05, 3.63) is 29.8 Å². The van der Waals surface area contributed by atoms with E-state index in [0.29, 0.717) is 11.5 Å². The minimum Gasteiger partial charge on any atom is -0.386 e. The van der Waals surface area contributed by atoms with Crippen LogP contribution in [0.25, 0.3) is 0 Å². The number of hydrogen-bond acceptors (Lipinski definition) is 2. The van der Waals surface area contributed by atoms with E-state index < -0.39 is 0 Å². The predicted molar refractivity (Wildman–Crippen MR) is 61.3 cm³/mol. The number of halogens is 1. The molecule has 1 rings (SSSR count). The summed E-state index contributed by atoms with van der Waals surface area (Å²) in [5, 5.41) is 0. The Morgan fingerprint density at radius 1 is 1.40 bits per heavy atom. The van der Waals surface area contributed by atoms with Crippen LogP contribution in [0.4, 0.5) is 5.69 Å². The summed E-state index contributed by atoms with van der Waals surface area (Å²) in [7, 11) is 0. The number of hydrogen-bond donors (Lipinski definition) is 2. The molecule has 0 bridgehead atoms. The molecule has 1 amide bonds. The van der Waals surface area contributed by atoms with Gasteiger partial charge in [0.2, 0.25) is 5.91 Å². The van der Waals surface area contributed by atoms with Gasteiger partial charge in [0.1, 0.15) is 5.84 Å². The first kappa shape index (κ1) is 11.5. The van der Waals surface area contributed by atoms with E-state index in [9.17, 15) is 4.79 Å². The first-order chi connectivity index (χ1) is 7.11. The third kappa shape index (κ3) is 3.99. The number of primary amides is 1. The van der Waals surface area contributed by atoms with Crippen LogP contribution in [0.3, 0.4) is 0 Å². The Hall–Kier alpha value is -1.55. The highest BCUT2D eigenvalue weighted by Gasteiger charge is 1.99. The molecular weight excluding hydrogens is 214 g/mol. The number of aliphatic imine (C=N–C) groups is 1. The second kappa shape index (κ2) is 5.36. The molecule has 80 valence electrons. The number of carbonyl (C=O) groups is 1. The van der Waals surface area contributed by atoms with Crippen molar-refractivity contribution < 1.29 is 4.79 Å². The zero-order valence-electron chi connectivity index (χ0n) is 8.11. The smallest absolute Gasteiger partial charge is 0.221 e. The number of nitrogens with two attached hydrogens (primary N) is 2. The molecule has 0 unspecified atom stereocenters. The lowest BCUT2D eigenvalue weighted by Crippen LogP contribution is -2.13. The van der Waals surface area contributed by atoms with Crippen LogP contribution in [0, 0.1) is 0 Å². The van der Waals surface area contributed by atoms with E-state index in [1.807, 2.05) is 0 Å². The van der Waals surface area contributed by atoms with Crippen molar-refractivity contribution in [3.63, 3.8) is 0 Å². The standard InChI is InChI=1S/C10H12ClN3O/c11-6-9(12)14-8-3-1-2-7(4-8)5-10(13)15/h1-4H,5-6H2,(H2,12,14)(H2,13,15). The van der Waals surface area contributed by atoms with Gasteiger partial charge in [-0.25, -0.2) is 4.99 Å². The quantitative estimate of drug-likeness (QED) is 0.454. The van der Waals surface area contributed by atoms with Gasteiger partial charge in [-0.2, -0.15) is 0 Å². The molecule has 1 aromatic rings. The number of carbonyl (C=O) groups excluding carboxylic acids is 1. The second-order valence-electron chi connectivity index (χ2n) is 3.05. The molecule has 15 heavy (non-hydrogen) atoms. The fourth-order valence-electron chi connectivity index (χ4n) is 1.13. The Labute approximate surface area is 92.9 Å². The van der Waals surface area contributed by atoms with Gasteiger partial charge < -0.3 is 11.5 Å². The monoisotopic (exact) mass is 225 g/mol. The lowest BCUT2D eigenvalue weighted by Gasteiger charge is -2.00. The van der Waals surface area contributed by atoms with Gasteiger partial charge in [-0.15, -0.1) is 11.6 Å². The van der Waals surface area contributed by atoms with Crippen molar-refractivity contribution in [1.82, 2.24) is 0 Å². The Balaban J connectivity index is 2.87. The maximum atomic E-state index is 10.7. The molecule has 1 aromatic carbocycles. The van der Waals surface area contributed by atoms with E-state index in [1.54, 1.807) is 24.3 Å². The van der Waals surface area contributed by atoms with E-state index in [4.69, 9.17) is 23.1 Å². The molecule has 0 saturated heterocycles. The van der Waals surface area contributed by atoms with Crippen LogP contribution < -0.4 is 11.5 Å². The van der Waals surface area contributed by atoms with Crippen molar-refractivity contribution in [1.29, 1.82) is 0 Å². The maximum absolute atomic E-state index is 10.7. The average Bonchev–Trinajstić information content (AvgIpc) is 2.17. The van der Waals surface area contributed by atoms with Crippen LogP contribution in [0.15, 0.2) is 29.3 Å². The summed E-state index contributed by atoms with van der Waals surface area (Å²) in [6.07, 6.45) is 0.199. The van der Waals surface area contributed by atoms with Gasteiger partial charge >= 0.3 is 0 Å². The fourth-order valence-corrected chi connectivity index (χ4v) is 1.19. The number of amidine groups is 1. The summed E-state index contributed by atoms with van der Waals surface area (Å²) < 4.78 is 0. The molecular formula is C10H12ClN3O. The number of benzene rings is 1. The molecule has 0 fully saturated rings. The molecule has 0 heterocycles. The summed E-state index contributed by atoms with van der Waals surface area (Å²) >= 11 is 5.50. The first-order valence-corrected chi connectivity index (χ1v) is 4.91. The van der Waals surface area contributed by atoms with Crippen LogP contribution in [0.2, 0.25) is 0 Å². The molecule has 0 atom stereocenters. The largest absolute Gasteiger partial charge is 0.386 e. The summed E-state index contributed by atoms with van der Waals surface area (Å²) in [4.78, 5) is 14.8. The van der Waals surface area contributed by atoms with Crippen LogP contribution in [0.1, 0.15) is 5.56 Å². The van der Waals surface area contributed by atoms with E-state index in [0.717, 1.165) is 5.56 Å². The van der Waals surface area contributed by atoms with Gasteiger partial charge in [0.05, 0.1) is 18.0 Å². The summed E-state index contributed by atoms with van der Waals surface area (Å²) in [5.41, 5.74) is 12.0. The lowest BCUT2D eigenvalue weighted by molar-refractivity contribution is -0.117. The number of rotatable bonds is 4. The zero-order chi connectivity index (χ0) is 11.3. The van der Waals surface area contributed by atoms with E-state index in [2.05, 4.69) is 4.99 Å². The van der Waals surface area contributed by atoms with Gasteiger partial charge in [-0.05, 0) is 17.7 Å². The molecule has 0 saturated carbocycles. The molecule has 0 spiro atoms. The molecule has 4 nitrogen and oxygen atoms in total. The van der Waals surface area contributed by atoms with Crippen molar-refractivity contribution >= 4 is 29.0 Å². The summed E-state index contributed by atoms with van der Waals surface area (Å²) in [5.74, 6) is 0.148. The highest BCUT2D eigenvalue weighted by molar-refractivity contribution is 6.28.